The molecule has 0 saturated carbocycles. The van der Waals surface area contributed by atoms with Crippen LogP contribution in [0.3, 0.4) is 0 Å². The molecule has 0 radical (unpaired) electrons. The van der Waals surface area contributed by atoms with Crippen molar-refractivity contribution < 1.29 is 14.3 Å². The Hall–Kier alpha value is -1.26. The summed E-state index contributed by atoms with van der Waals surface area (Å²) in [7, 11) is 3.33. The van der Waals surface area contributed by atoms with Crippen molar-refractivity contribution >= 4 is 0 Å². The van der Waals surface area contributed by atoms with Crippen molar-refractivity contribution in [2.75, 3.05) is 14.2 Å². The lowest BCUT2D eigenvalue weighted by molar-refractivity contribution is 0.0266. The summed E-state index contributed by atoms with van der Waals surface area (Å²) < 4.78 is 11.5. The van der Waals surface area contributed by atoms with E-state index in [1.165, 1.54) is 5.56 Å². The summed E-state index contributed by atoms with van der Waals surface area (Å²) in [6, 6.07) is 4.31. The van der Waals surface area contributed by atoms with Gasteiger partial charge in [0.05, 0.1) is 20.3 Å². The highest BCUT2D eigenvalue weighted by Gasteiger charge is 2.36. The van der Waals surface area contributed by atoms with E-state index in [9.17, 15) is 0 Å². The first-order valence-corrected chi connectivity index (χ1v) is 6.91. The van der Waals surface area contributed by atoms with E-state index in [2.05, 4.69) is 31.5 Å². The lowest BCUT2D eigenvalue weighted by Gasteiger charge is -2.18. The van der Waals surface area contributed by atoms with E-state index in [-0.39, 0.29) is 12.1 Å². The van der Waals surface area contributed by atoms with E-state index in [4.69, 9.17) is 14.3 Å². The normalized spacial score (nSPS) is 21.1. The highest BCUT2D eigenvalue weighted by atomic mass is 16.6. The van der Waals surface area contributed by atoms with Crippen molar-refractivity contribution in [3.63, 3.8) is 0 Å². The molecule has 19 heavy (non-hydrogen) atoms. The van der Waals surface area contributed by atoms with Crippen LogP contribution in [0.4, 0.5) is 0 Å². The minimum Gasteiger partial charge on any atom is -0.493 e. The number of ether oxygens (including phenoxy) is 2. The largest absolute Gasteiger partial charge is 0.493 e. The van der Waals surface area contributed by atoms with Gasteiger partial charge >= 0.3 is 0 Å². The molecule has 0 amide bonds. The van der Waals surface area contributed by atoms with Crippen LogP contribution in [0.5, 0.6) is 11.5 Å². The monoisotopic (exact) mass is 265 g/mol. The standard InChI is InChI=1S/C15H23NO3/c1-5-7-12-14(16-18-4)11-8-10(6-2)9-13(17-3)15(11)19-12/h8-9,12,14,16H,5-7H2,1-4H3. The van der Waals surface area contributed by atoms with Crippen LogP contribution in [0.2, 0.25) is 0 Å². The summed E-state index contributed by atoms with van der Waals surface area (Å²) in [6.07, 6.45) is 3.13. The van der Waals surface area contributed by atoms with Gasteiger partial charge in [0, 0.05) is 5.56 Å². The minimum absolute atomic E-state index is 0.0698. The van der Waals surface area contributed by atoms with Gasteiger partial charge in [0.2, 0.25) is 0 Å². The van der Waals surface area contributed by atoms with E-state index in [0.29, 0.717) is 0 Å². The van der Waals surface area contributed by atoms with Gasteiger partial charge in [0.25, 0.3) is 0 Å². The van der Waals surface area contributed by atoms with Gasteiger partial charge in [-0.15, -0.1) is 0 Å². The molecule has 4 heteroatoms. The summed E-state index contributed by atoms with van der Waals surface area (Å²) in [4.78, 5) is 5.14. The van der Waals surface area contributed by atoms with Crippen LogP contribution in [0, 0.1) is 0 Å². The summed E-state index contributed by atoms with van der Waals surface area (Å²) in [5.74, 6) is 1.67. The van der Waals surface area contributed by atoms with Crippen LogP contribution in [-0.4, -0.2) is 20.3 Å². The van der Waals surface area contributed by atoms with Gasteiger partial charge in [-0.3, -0.25) is 0 Å². The number of nitrogens with one attached hydrogen (secondary N) is 1. The minimum atomic E-state index is 0.0698. The van der Waals surface area contributed by atoms with Crippen LogP contribution in [0.1, 0.15) is 43.9 Å². The number of benzene rings is 1. The van der Waals surface area contributed by atoms with Crippen molar-refractivity contribution in [1.29, 1.82) is 0 Å². The SMILES string of the molecule is CCCC1Oc2c(OC)cc(CC)cc2C1NOC. The zero-order chi connectivity index (χ0) is 13.8. The molecule has 1 N–H and O–H groups in total. The fourth-order valence-electron chi connectivity index (χ4n) is 2.59. The zero-order valence-corrected chi connectivity index (χ0v) is 12.2. The van der Waals surface area contributed by atoms with Crippen molar-refractivity contribution in [2.45, 2.75) is 45.3 Å². The maximum absolute atomic E-state index is 6.07. The Morgan fingerprint density at radius 2 is 2.05 bits per heavy atom. The topological polar surface area (TPSA) is 39.7 Å². The molecular formula is C15H23NO3. The van der Waals surface area contributed by atoms with Crippen molar-refractivity contribution in [3.8, 4) is 11.5 Å². The number of aryl methyl sites for hydroxylation is 1. The molecule has 0 saturated heterocycles. The van der Waals surface area contributed by atoms with E-state index in [0.717, 1.165) is 36.3 Å². The molecule has 1 aliphatic heterocycles. The first-order valence-electron chi connectivity index (χ1n) is 6.91. The molecule has 1 aromatic rings. The van der Waals surface area contributed by atoms with E-state index < -0.39 is 0 Å². The van der Waals surface area contributed by atoms with Gasteiger partial charge in [0.1, 0.15) is 6.10 Å². The summed E-state index contributed by atoms with van der Waals surface area (Å²) in [5.41, 5.74) is 5.44. The van der Waals surface area contributed by atoms with Gasteiger partial charge in [-0.1, -0.05) is 26.3 Å². The molecule has 1 heterocycles. The molecule has 106 valence electrons. The van der Waals surface area contributed by atoms with Gasteiger partial charge in [0.15, 0.2) is 11.5 Å². The van der Waals surface area contributed by atoms with E-state index in [1.54, 1.807) is 14.2 Å². The quantitative estimate of drug-likeness (QED) is 0.803. The third-order valence-corrected chi connectivity index (χ3v) is 3.57. The Kier molecular flexibility index (Phi) is 4.66. The lowest BCUT2D eigenvalue weighted by atomic mass is 9.98. The predicted molar refractivity (Wildman–Crippen MR) is 74.6 cm³/mol. The van der Waals surface area contributed by atoms with Gasteiger partial charge in [-0.25, -0.2) is 0 Å². The average Bonchev–Trinajstić information content (AvgIpc) is 2.77. The summed E-state index contributed by atoms with van der Waals surface area (Å²) in [6.45, 7) is 4.30. The van der Waals surface area contributed by atoms with Crippen LogP contribution in [0.25, 0.3) is 0 Å². The second-order valence-corrected chi connectivity index (χ2v) is 4.81. The molecule has 4 nitrogen and oxygen atoms in total. The fraction of sp³-hybridized carbons (Fsp3) is 0.600. The van der Waals surface area contributed by atoms with Crippen molar-refractivity contribution in [2.24, 2.45) is 0 Å². The lowest BCUT2D eigenvalue weighted by Crippen LogP contribution is -2.30. The molecule has 1 aliphatic rings. The van der Waals surface area contributed by atoms with Crippen LogP contribution < -0.4 is 15.0 Å². The maximum atomic E-state index is 6.07. The Morgan fingerprint density at radius 1 is 1.26 bits per heavy atom. The molecule has 1 aromatic carbocycles. The third kappa shape index (κ3) is 2.69. The second-order valence-electron chi connectivity index (χ2n) is 4.81. The Bertz CT molecular complexity index is 434. The number of rotatable bonds is 6. The van der Waals surface area contributed by atoms with E-state index >= 15 is 0 Å². The van der Waals surface area contributed by atoms with Crippen LogP contribution in [0.15, 0.2) is 12.1 Å². The first kappa shape index (κ1) is 14.2. The number of methoxy groups -OCH3 is 1. The predicted octanol–water partition coefficient (Wildman–Crippen LogP) is 3.01. The number of hydroxylamine groups is 1. The highest BCUT2D eigenvalue weighted by molar-refractivity contribution is 5.53. The van der Waals surface area contributed by atoms with E-state index in [1.807, 2.05) is 0 Å². The second kappa shape index (κ2) is 6.26. The first-order chi connectivity index (χ1) is 9.24. The summed E-state index contributed by atoms with van der Waals surface area (Å²) >= 11 is 0. The molecule has 0 aliphatic carbocycles. The van der Waals surface area contributed by atoms with Crippen LogP contribution >= 0.6 is 0 Å². The Balaban J connectivity index is 2.40. The molecule has 2 atom stereocenters. The molecule has 2 unspecified atom stereocenters. The third-order valence-electron chi connectivity index (χ3n) is 3.57. The van der Waals surface area contributed by atoms with Gasteiger partial charge < -0.3 is 14.3 Å². The molecule has 0 bridgehead atoms. The molecule has 0 fully saturated rings. The zero-order valence-electron chi connectivity index (χ0n) is 12.2. The Morgan fingerprint density at radius 3 is 2.63 bits per heavy atom. The number of hydrogen-bond donors (Lipinski definition) is 1. The Labute approximate surface area is 115 Å². The van der Waals surface area contributed by atoms with Gasteiger partial charge in [-0.2, -0.15) is 5.48 Å². The smallest absolute Gasteiger partial charge is 0.166 e. The molecule has 0 spiro atoms. The van der Waals surface area contributed by atoms with Gasteiger partial charge in [-0.05, 0) is 24.5 Å². The van der Waals surface area contributed by atoms with Crippen molar-refractivity contribution in [1.82, 2.24) is 5.48 Å². The average molecular weight is 265 g/mol. The number of fused-ring (bicyclic) bond motifs is 1. The number of hydrogen-bond acceptors (Lipinski definition) is 4. The summed E-state index contributed by atoms with van der Waals surface area (Å²) in [5, 5.41) is 0. The van der Waals surface area contributed by atoms with Crippen LogP contribution in [-0.2, 0) is 11.3 Å². The maximum Gasteiger partial charge on any atom is 0.166 e. The molecular weight excluding hydrogens is 242 g/mol. The highest BCUT2D eigenvalue weighted by Crippen LogP contribution is 2.45. The fourth-order valence-corrected chi connectivity index (χ4v) is 2.59. The molecule has 0 aromatic heterocycles. The molecule has 2 rings (SSSR count). The van der Waals surface area contributed by atoms with Crippen molar-refractivity contribution in [3.05, 3.63) is 23.3 Å².